The average molecular weight is 352 g/mol. The number of rotatable bonds is 4. The molecule has 1 aliphatic carbocycles. The summed E-state index contributed by atoms with van der Waals surface area (Å²) in [5.41, 5.74) is 0.834. The molecule has 0 aromatic heterocycles. The molecule has 0 atom stereocenters. The second-order valence-corrected chi connectivity index (χ2v) is 7.14. The van der Waals surface area contributed by atoms with Gasteiger partial charge in [-0.2, -0.15) is 0 Å². The Morgan fingerprint density at radius 1 is 1.12 bits per heavy atom. The highest BCUT2D eigenvalue weighted by Crippen LogP contribution is 2.33. The molecular formula is C18H26ClN3O2. The summed E-state index contributed by atoms with van der Waals surface area (Å²) in [7, 11) is 0. The largest absolute Gasteiger partial charge is 0.379 e. The molecule has 1 saturated heterocycles. The van der Waals surface area contributed by atoms with Gasteiger partial charge in [0, 0.05) is 35.9 Å². The van der Waals surface area contributed by atoms with Gasteiger partial charge < -0.3 is 15.4 Å². The Kier molecular flexibility index (Phi) is 5.98. The van der Waals surface area contributed by atoms with Gasteiger partial charge in [-0.05, 0) is 37.1 Å². The fraction of sp³-hybridized carbons (Fsp3) is 0.611. The number of morpholine rings is 1. The van der Waals surface area contributed by atoms with E-state index in [4.69, 9.17) is 16.3 Å². The number of amides is 2. The first kappa shape index (κ1) is 17.5. The van der Waals surface area contributed by atoms with Gasteiger partial charge in [0.2, 0.25) is 0 Å². The number of anilines is 1. The third-order valence-corrected chi connectivity index (χ3v) is 5.40. The number of carbonyl (C=O) groups is 1. The first-order chi connectivity index (χ1) is 11.7. The molecule has 24 heavy (non-hydrogen) atoms. The monoisotopic (exact) mass is 351 g/mol. The molecule has 1 aliphatic heterocycles. The first-order valence-electron chi connectivity index (χ1n) is 8.81. The Morgan fingerprint density at radius 3 is 2.46 bits per heavy atom. The maximum Gasteiger partial charge on any atom is 0.319 e. The van der Waals surface area contributed by atoms with E-state index in [1.807, 2.05) is 0 Å². The van der Waals surface area contributed by atoms with Gasteiger partial charge in [-0.15, -0.1) is 0 Å². The van der Waals surface area contributed by atoms with E-state index in [9.17, 15) is 4.79 Å². The fourth-order valence-corrected chi connectivity index (χ4v) is 3.93. The van der Waals surface area contributed by atoms with Gasteiger partial charge in [0.25, 0.3) is 0 Å². The van der Waals surface area contributed by atoms with Crippen LogP contribution in [-0.4, -0.2) is 49.3 Å². The molecule has 2 N–H and O–H groups in total. The van der Waals surface area contributed by atoms with E-state index in [-0.39, 0.29) is 11.6 Å². The summed E-state index contributed by atoms with van der Waals surface area (Å²) in [6.45, 7) is 4.19. The molecule has 2 fully saturated rings. The van der Waals surface area contributed by atoms with Gasteiger partial charge in [-0.25, -0.2) is 4.79 Å². The number of nitrogens with one attached hydrogen (secondary N) is 2. The number of nitrogens with zero attached hydrogens (tertiary/aromatic N) is 1. The molecule has 1 saturated carbocycles. The minimum absolute atomic E-state index is 0.0827. The van der Waals surface area contributed by atoms with Crippen molar-refractivity contribution >= 4 is 23.3 Å². The van der Waals surface area contributed by atoms with Crippen molar-refractivity contribution in [2.45, 2.75) is 37.6 Å². The van der Waals surface area contributed by atoms with Crippen molar-refractivity contribution in [2.24, 2.45) is 0 Å². The van der Waals surface area contributed by atoms with E-state index < -0.39 is 0 Å². The Hall–Kier alpha value is -1.30. The molecule has 6 heteroatoms. The van der Waals surface area contributed by atoms with Crippen LogP contribution in [0.5, 0.6) is 0 Å². The van der Waals surface area contributed by atoms with Crippen molar-refractivity contribution in [3.05, 3.63) is 29.3 Å². The Morgan fingerprint density at radius 2 is 1.79 bits per heavy atom. The summed E-state index contributed by atoms with van der Waals surface area (Å²) >= 11 is 5.87. The predicted molar refractivity (Wildman–Crippen MR) is 96.7 cm³/mol. The van der Waals surface area contributed by atoms with Gasteiger partial charge in [-0.1, -0.05) is 30.9 Å². The van der Waals surface area contributed by atoms with Crippen LogP contribution >= 0.6 is 11.6 Å². The molecule has 2 amide bonds. The first-order valence-corrected chi connectivity index (χ1v) is 9.19. The van der Waals surface area contributed by atoms with E-state index in [0.29, 0.717) is 11.6 Å². The van der Waals surface area contributed by atoms with Crippen molar-refractivity contribution < 1.29 is 9.53 Å². The standard InChI is InChI=1S/C18H26ClN3O2/c19-15-4-6-16(7-5-15)21-17(23)20-14-18(8-2-1-3-9-18)22-10-12-24-13-11-22/h4-7H,1-3,8-14H2,(H2,20,21,23). The van der Waals surface area contributed by atoms with Gasteiger partial charge in [0.1, 0.15) is 0 Å². The molecule has 132 valence electrons. The fourth-order valence-electron chi connectivity index (χ4n) is 3.81. The molecular weight excluding hydrogens is 326 g/mol. The van der Waals surface area contributed by atoms with Crippen LogP contribution in [0.25, 0.3) is 0 Å². The number of hydrogen-bond acceptors (Lipinski definition) is 3. The van der Waals surface area contributed by atoms with Crippen molar-refractivity contribution in [2.75, 3.05) is 38.2 Å². The van der Waals surface area contributed by atoms with Crippen molar-refractivity contribution in [1.29, 1.82) is 0 Å². The summed E-state index contributed by atoms with van der Waals surface area (Å²) in [5.74, 6) is 0. The Balaban J connectivity index is 1.58. The molecule has 0 unspecified atom stereocenters. The number of hydrogen-bond donors (Lipinski definition) is 2. The summed E-state index contributed by atoms with van der Waals surface area (Å²) in [6, 6.07) is 7.00. The molecule has 3 rings (SSSR count). The molecule has 1 heterocycles. The third kappa shape index (κ3) is 4.41. The quantitative estimate of drug-likeness (QED) is 0.873. The molecule has 5 nitrogen and oxygen atoms in total. The maximum atomic E-state index is 12.3. The van der Waals surface area contributed by atoms with Crippen molar-refractivity contribution in [1.82, 2.24) is 10.2 Å². The lowest BCUT2D eigenvalue weighted by Crippen LogP contribution is -2.60. The number of urea groups is 1. The molecule has 0 spiro atoms. The lowest BCUT2D eigenvalue weighted by atomic mass is 9.80. The zero-order valence-electron chi connectivity index (χ0n) is 14.0. The van der Waals surface area contributed by atoms with Crippen LogP contribution in [0.3, 0.4) is 0 Å². The van der Waals surface area contributed by atoms with Gasteiger partial charge in [-0.3, -0.25) is 4.90 Å². The van der Waals surface area contributed by atoms with Crippen LogP contribution in [0.15, 0.2) is 24.3 Å². The molecule has 2 aliphatic rings. The Bertz CT molecular complexity index is 538. The summed E-state index contributed by atoms with van der Waals surface area (Å²) in [5, 5.41) is 6.63. The molecule has 1 aromatic rings. The van der Waals surface area contributed by atoms with E-state index in [1.54, 1.807) is 24.3 Å². The number of ether oxygens (including phenoxy) is 1. The minimum atomic E-state index is -0.157. The highest BCUT2D eigenvalue weighted by Gasteiger charge is 2.38. The predicted octanol–water partition coefficient (Wildman–Crippen LogP) is 3.50. The summed E-state index contributed by atoms with van der Waals surface area (Å²) < 4.78 is 5.50. The summed E-state index contributed by atoms with van der Waals surface area (Å²) in [6.07, 6.45) is 6.06. The lowest BCUT2D eigenvalue weighted by molar-refractivity contribution is -0.0356. The average Bonchev–Trinajstić information content (AvgIpc) is 2.63. The van der Waals surface area contributed by atoms with E-state index in [1.165, 1.54) is 19.3 Å². The van der Waals surface area contributed by atoms with Gasteiger partial charge >= 0.3 is 6.03 Å². The lowest BCUT2D eigenvalue weighted by Gasteiger charge is -2.48. The number of halogens is 1. The third-order valence-electron chi connectivity index (χ3n) is 5.15. The van der Waals surface area contributed by atoms with E-state index in [0.717, 1.165) is 44.8 Å². The van der Waals surface area contributed by atoms with Crippen LogP contribution in [0, 0.1) is 0 Å². The van der Waals surface area contributed by atoms with Crippen LogP contribution in [0.1, 0.15) is 32.1 Å². The zero-order chi connectivity index (χ0) is 16.8. The van der Waals surface area contributed by atoms with Crippen LogP contribution in [-0.2, 0) is 4.74 Å². The second-order valence-electron chi connectivity index (χ2n) is 6.70. The second kappa shape index (κ2) is 8.19. The highest BCUT2D eigenvalue weighted by molar-refractivity contribution is 6.30. The molecule has 0 radical (unpaired) electrons. The topological polar surface area (TPSA) is 53.6 Å². The minimum Gasteiger partial charge on any atom is -0.379 e. The van der Waals surface area contributed by atoms with Gasteiger partial charge in [0.05, 0.1) is 13.2 Å². The number of benzene rings is 1. The van der Waals surface area contributed by atoms with Crippen molar-refractivity contribution in [3.8, 4) is 0 Å². The maximum absolute atomic E-state index is 12.3. The molecule has 1 aromatic carbocycles. The summed E-state index contributed by atoms with van der Waals surface area (Å²) in [4.78, 5) is 14.8. The molecule has 0 bridgehead atoms. The Labute approximate surface area is 148 Å². The van der Waals surface area contributed by atoms with Crippen molar-refractivity contribution in [3.63, 3.8) is 0 Å². The number of carbonyl (C=O) groups excluding carboxylic acids is 1. The van der Waals surface area contributed by atoms with Crippen LogP contribution in [0.2, 0.25) is 5.02 Å². The highest BCUT2D eigenvalue weighted by atomic mass is 35.5. The van der Waals surface area contributed by atoms with Crippen LogP contribution in [0.4, 0.5) is 10.5 Å². The normalized spacial score (nSPS) is 21.2. The smallest absolute Gasteiger partial charge is 0.319 e. The van der Waals surface area contributed by atoms with E-state index in [2.05, 4.69) is 15.5 Å². The SMILES string of the molecule is O=C(NCC1(N2CCOCC2)CCCCC1)Nc1ccc(Cl)cc1. The van der Waals surface area contributed by atoms with Crippen LogP contribution < -0.4 is 10.6 Å². The van der Waals surface area contributed by atoms with Gasteiger partial charge in [0.15, 0.2) is 0 Å². The van der Waals surface area contributed by atoms with E-state index >= 15 is 0 Å². The zero-order valence-corrected chi connectivity index (χ0v) is 14.8.